The molecule has 0 aliphatic heterocycles. The van der Waals surface area contributed by atoms with Crippen LogP contribution in [0.15, 0.2) is 85.1 Å². The monoisotopic (exact) mass is 385 g/mol. The minimum Gasteiger partial charge on any atom is -0.300 e. The van der Waals surface area contributed by atoms with Crippen molar-refractivity contribution < 1.29 is 0 Å². The third-order valence-electron chi connectivity index (χ3n) is 6.38. The van der Waals surface area contributed by atoms with Crippen molar-refractivity contribution in [2.24, 2.45) is 0 Å². The van der Waals surface area contributed by atoms with Gasteiger partial charge in [-0.15, -0.1) is 0 Å². The van der Waals surface area contributed by atoms with Crippen molar-refractivity contribution in [3.63, 3.8) is 0 Å². The van der Waals surface area contributed by atoms with Crippen molar-refractivity contribution in [3.05, 3.63) is 85.1 Å². The molecule has 2 aromatic heterocycles. The number of H-pyrrole nitrogens is 1. The van der Waals surface area contributed by atoms with Crippen LogP contribution < -0.4 is 0 Å². The number of nitrogens with one attached hydrogen (secondary N) is 1. The fourth-order valence-electron chi connectivity index (χ4n) is 4.96. The normalized spacial score (nSPS) is 14.5. The maximum atomic E-state index is 4.99. The molecule has 4 aromatic carbocycles. The highest BCUT2D eigenvalue weighted by Gasteiger charge is 2.14. The Balaban J connectivity index is 1.57. The topological polar surface area (TPSA) is 33.6 Å². The lowest BCUT2D eigenvalue weighted by Crippen LogP contribution is -1.98. The number of allylic oxidation sites excluding steroid dienone is 4. The molecule has 0 atom stereocenters. The maximum Gasteiger partial charge on any atom is 0.0725 e. The van der Waals surface area contributed by atoms with E-state index in [1.165, 1.54) is 48.9 Å². The molecule has 0 fully saturated rings. The molecule has 0 saturated heterocycles. The molecule has 0 unspecified atom stereocenters. The van der Waals surface area contributed by atoms with E-state index in [0.29, 0.717) is 0 Å². The van der Waals surface area contributed by atoms with Crippen LogP contribution in [0.4, 0.5) is 0 Å². The van der Waals surface area contributed by atoms with Gasteiger partial charge in [-0.2, -0.15) is 0 Å². The van der Waals surface area contributed by atoms with Crippen molar-refractivity contribution >= 4 is 60.0 Å². The number of rotatable bonds is 1. The van der Waals surface area contributed by atoms with E-state index in [1.54, 1.807) is 0 Å². The van der Waals surface area contributed by atoms with Crippen LogP contribution in [0.2, 0.25) is 0 Å². The average Bonchev–Trinajstić information content (AvgIpc) is 3.39. The van der Waals surface area contributed by atoms with Gasteiger partial charge in [0, 0.05) is 22.4 Å². The molecule has 3 nitrogen and oxygen atoms in total. The summed E-state index contributed by atoms with van der Waals surface area (Å²) in [7, 11) is 0. The Labute approximate surface area is 172 Å². The second-order valence-electron chi connectivity index (χ2n) is 8.10. The summed E-state index contributed by atoms with van der Waals surface area (Å²) >= 11 is 0. The molecule has 0 radical (unpaired) electrons. The zero-order chi connectivity index (χ0) is 19.7. The summed E-state index contributed by atoms with van der Waals surface area (Å²) in [5, 5.41) is 12.2. The largest absolute Gasteiger partial charge is 0.300 e. The number of fused-ring (bicyclic) bond motifs is 8. The van der Waals surface area contributed by atoms with Gasteiger partial charge in [0.2, 0.25) is 0 Å². The molecule has 0 spiro atoms. The highest BCUT2D eigenvalue weighted by Crippen LogP contribution is 2.37. The minimum atomic E-state index is 1.05. The van der Waals surface area contributed by atoms with Crippen LogP contribution in [0.25, 0.3) is 60.0 Å². The summed E-state index contributed by atoms with van der Waals surface area (Å²) < 4.78 is 2.18. The van der Waals surface area contributed by atoms with Crippen molar-refractivity contribution in [1.82, 2.24) is 14.8 Å². The van der Waals surface area contributed by atoms with E-state index >= 15 is 0 Å². The van der Waals surface area contributed by atoms with Gasteiger partial charge in [0.15, 0.2) is 0 Å². The molecule has 7 rings (SSSR count). The Morgan fingerprint density at radius 2 is 1.70 bits per heavy atom. The van der Waals surface area contributed by atoms with Crippen LogP contribution in [0.5, 0.6) is 0 Å². The second kappa shape index (κ2) is 5.83. The first-order valence-corrected chi connectivity index (χ1v) is 10.5. The lowest BCUT2D eigenvalue weighted by atomic mass is 9.99. The summed E-state index contributed by atoms with van der Waals surface area (Å²) in [6, 6.07) is 21.9. The van der Waals surface area contributed by atoms with E-state index in [1.807, 2.05) is 0 Å². The Bertz CT molecular complexity index is 1690. The lowest BCUT2D eigenvalue weighted by Gasteiger charge is -2.09. The standard InChI is InChI=1S/C27H19N3/c1-2-7-19(8-3-1)30-26-13-12-24-27(23(26)16-28-30)22-14-18-11-10-17-6-4-5-9-20(17)21(18)15-25(22)29-24/h2,4-16,28H,1,3H2. The van der Waals surface area contributed by atoms with E-state index in [2.05, 4.69) is 94.9 Å². The molecule has 142 valence electrons. The molecule has 0 saturated carbocycles. The zero-order valence-electron chi connectivity index (χ0n) is 16.4. The summed E-state index contributed by atoms with van der Waals surface area (Å²) in [5.74, 6) is 0. The first-order chi connectivity index (χ1) is 14.9. The van der Waals surface area contributed by atoms with Gasteiger partial charge in [0.05, 0.1) is 22.2 Å². The third kappa shape index (κ3) is 2.12. The molecular weight excluding hydrogens is 366 g/mol. The van der Waals surface area contributed by atoms with Gasteiger partial charge in [-0.1, -0.05) is 48.6 Å². The molecule has 2 heterocycles. The van der Waals surface area contributed by atoms with E-state index in [-0.39, 0.29) is 0 Å². The molecule has 3 heteroatoms. The van der Waals surface area contributed by atoms with Crippen molar-refractivity contribution in [3.8, 4) is 0 Å². The number of hydrogen-bond donors (Lipinski definition) is 1. The molecule has 30 heavy (non-hydrogen) atoms. The van der Waals surface area contributed by atoms with Crippen LogP contribution in [0.3, 0.4) is 0 Å². The zero-order valence-corrected chi connectivity index (χ0v) is 16.4. The minimum absolute atomic E-state index is 1.05. The van der Waals surface area contributed by atoms with E-state index < -0.39 is 0 Å². The van der Waals surface area contributed by atoms with Crippen molar-refractivity contribution in [1.29, 1.82) is 0 Å². The van der Waals surface area contributed by atoms with E-state index in [4.69, 9.17) is 4.98 Å². The second-order valence-corrected chi connectivity index (χ2v) is 8.10. The molecule has 6 aromatic rings. The third-order valence-corrected chi connectivity index (χ3v) is 6.38. The average molecular weight is 385 g/mol. The molecule has 1 aliphatic rings. The van der Waals surface area contributed by atoms with Gasteiger partial charge in [-0.3, -0.25) is 4.68 Å². The van der Waals surface area contributed by atoms with Gasteiger partial charge >= 0.3 is 0 Å². The number of nitrogens with zero attached hydrogens (tertiary/aromatic N) is 2. The summed E-state index contributed by atoms with van der Waals surface area (Å²) in [4.78, 5) is 4.99. The van der Waals surface area contributed by atoms with Gasteiger partial charge in [-0.25, -0.2) is 4.98 Å². The lowest BCUT2D eigenvalue weighted by molar-refractivity contribution is 0.914. The quantitative estimate of drug-likeness (QED) is 0.299. The van der Waals surface area contributed by atoms with Gasteiger partial charge < -0.3 is 5.10 Å². The number of hydrogen-bond acceptors (Lipinski definition) is 1. The van der Waals surface area contributed by atoms with Crippen molar-refractivity contribution in [2.45, 2.75) is 12.8 Å². The summed E-state index contributed by atoms with van der Waals surface area (Å²) in [6.07, 6.45) is 11.0. The Morgan fingerprint density at radius 1 is 0.767 bits per heavy atom. The molecule has 0 bridgehead atoms. The van der Waals surface area contributed by atoms with Crippen LogP contribution in [0.1, 0.15) is 12.8 Å². The fourth-order valence-corrected chi connectivity index (χ4v) is 4.96. The van der Waals surface area contributed by atoms with Crippen LogP contribution in [-0.4, -0.2) is 14.8 Å². The number of aromatic amines is 1. The molecule has 0 amide bonds. The SMILES string of the molecule is C1=CC(n2[nH]cc3c4c(ccc32)nc2cc3c(ccc5ccccc53)cc24)=CCC1. The Morgan fingerprint density at radius 3 is 2.63 bits per heavy atom. The maximum absolute atomic E-state index is 4.99. The van der Waals surface area contributed by atoms with E-state index in [9.17, 15) is 0 Å². The number of aromatic nitrogens is 3. The summed E-state index contributed by atoms with van der Waals surface area (Å²) in [6.45, 7) is 0. The van der Waals surface area contributed by atoms with Crippen LogP contribution in [-0.2, 0) is 0 Å². The van der Waals surface area contributed by atoms with E-state index in [0.717, 1.165) is 23.9 Å². The predicted octanol–water partition coefficient (Wildman–Crippen LogP) is 7.17. The van der Waals surface area contributed by atoms with Crippen LogP contribution >= 0.6 is 0 Å². The van der Waals surface area contributed by atoms with Gasteiger partial charge in [0.1, 0.15) is 0 Å². The first kappa shape index (κ1) is 16.0. The predicted molar refractivity (Wildman–Crippen MR) is 127 cm³/mol. The summed E-state index contributed by atoms with van der Waals surface area (Å²) in [5.41, 5.74) is 4.51. The molecule has 1 N–H and O–H groups in total. The smallest absolute Gasteiger partial charge is 0.0725 e. The van der Waals surface area contributed by atoms with Crippen molar-refractivity contribution in [2.75, 3.05) is 0 Å². The first-order valence-electron chi connectivity index (χ1n) is 10.5. The fraction of sp³-hybridized carbons (Fsp3) is 0.0741. The Hall–Kier alpha value is -3.85. The Kier molecular flexibility index (Phi) is 3.11. The highest BCUT2D eigenvalue weighted by molar-refractivity contribution is 6.23. The number of benzene rings is 4. The van der Waals surface area contributed by atoms with Gasteiger partial charge in [-0.05, 0) is 64.7 Å². The highest BCUT2D eigenvalue weighted by atomic mass is 15.3. The molecular formula is C27H19N3. The molecule has 1 aliphatic carbocycles. The van der Waals surface area contributed by atoms with Gasteiger partial charge in [0.25, 0.3) is 0 Å². The van der Waals surface area contributed by atoms with Crippen LogP contribution in [0, 0.1) is 0 Å².